The second-order valence-corrected chi connectivity index (χ2v) is 4.35. The first-order chi connectivity index (χ1) is 8.69. The number of benzene rings is 1. The third-order valence-electron chi connectivity index (χ3n) is 2.75. The average molecular weight is 247 g/mol. The minimum absolute atomic E-state index is 0.0238. The fraction of sp³-hybridized carbons (Fsp3) is 0.467. The van der Waals surface area contributed by atoms with Gasteiger partial charge in [0.25, 0.3) is 0 Å². The van der Waals surface area contributed by atoms with Crippen molar-refractivity contribution in [1.82, 2.24) is 4.90 Å². The summed E-state index contributed by atoms with van der Waals surface area (Å²) < 4.78 is 0. The zero-order chi connectivity index (χ0) is 13.4. The van der Waals surface area contributed by atoms with E-state index in [-0.39, 0.29) is 18.1 Å². The summed E-state index contributed by atoms with van der Waals surface area (Å²) in [6.45, 7) is 5.54. The second-order valence-electron chi connectivity index (χ2n) is 4.35. The second kappa shape index (κ2) is 7.64. The Hall–Kier alpha value is -1.64. The molecule has 0 heterocycles. The van der Waals surface area contributed by atoms with Gasteiger partial charge in [0, 0.05) is 18.7 Å². The van der Waals surface area contributed by atoms with Gasteiger partial charge < -0.3 is 4.90 Å². The van der Waals surface area contributed by atoms with Crippen molar-refractivity contribution in [2.75, 3.05) is 13.1 Å². The molecule has 0 saturated carbocycles. The third-order valence-corrected chi connectivity index (χ3v) is 2.75. The number of hydrogen-bond donors (Lipinski definition) is 0. The Balaban J connectivity index is 2.60. The van der Waals surface area contributed by atoms with Crippen LogP contribution in [0, 0.1) is 0 Å². The summed E-state index contributed by atoms with van der Waals surface area (Å²) in [5.41, 5.74) is 0.610. The number of rotatable bonds is 7. The Labute approximate surface area is 109 Å². The van der Waals surface area contributed by atoms with E-state index in [2.05, 4.69) is 0 Å². The first-order valence-corrected chi connectivity index (χ1v) is 6.55. The molecule has 98 valence electrons. The minimum Gasteiger partial charge on any atom is -0.342 e. The minimum atomic E-state index is -0.0993. The van der Waals surface area contributed by atoms with E-state index in [9.17, 15) is 9.59 Å². The largest absolute Gasteiger partial charge is 0.342 e. The molecule has 3 nitrogen and oxygen atoms in total. The Morgan fingerprint density at radius 2 is 1.56 bits per heavy atom. The molecule has 0 aromatic heterocycles. The summed E-state index contributed by atoms with van der Waals surface area (Å²) in [7, 11) is 0. The highest BCUT2D eigenvalue weighted by Crippen LogP contribution is 2.06. The Morgan fingerprint density at radius 1 is 1.00 bits per heavy atom. The van der Waals surface area contributed by atoms with E-state index in [4.69, 9.17) is 0 Å². The van der Waals surface area contributed by atoms with Crippen molar-refractivity contribution in [2.45, 2.75) is 33.1 Å². The molecule has 0 bridgehead atoms. The molecule has 1 aromatic carbocycles. The van der Waals surface area contributed by atoms with Crippen LogP contribution in [-0.2, 0) is 4.79 Å². The normalized spacial score (nSPS) is 10.1. The van der Waals surface area contributed by atoms with Gasteiger partial charge in [-0.05, 0) is 12.8 Å². The van der Waals surface area contributed by atoms with Crippen molar-refractivity contribution < 1.29 is 9.59 Å². The molecular formula is C15H21NO2. The Bertz CT molecular complexity index is 381. The number of ketones is 1. The molecule has 0 radical (unpaired) electrons. The quantitative estimate of drug-likeness (QED) is 0.549. The van der Waals surface area contributed by atoms with E-state index in [1.807, 2.05) is 32.0 Å². The van der Waals surface area contributed by atoms with Crippen LogP contribution in [0.15, 0.2) is 30.3 Å². The lowest BCUT2D eigenvalue weighted by molar-refractivity contribution is -0.130. The zero-order valence-electron chi connectivity index (χ0n) is 11.2. The molecule has 0 atom stereocenters. The van der Waals surface area contributed by atoms with Crippen LogP contribution in [-0.4, -0.2) is 29.7 Å². The van der Waals surface area contributed by atoms with Crippen LogP contribution in [0.4, 0.5) is 0 Å². The zero-order valence-corrected chi connectivity index (χ0v) is 11.2. The van der Waals surface area contributed by atoms with Crippen LogP contribution in [0.5, 0.6) is 0 Å². The van der Waals surface area contributed by atoms with Crippen molar-refractivity contribution >= 4 is 11.7 Å². The Kier molecular flexibility index (Phi) is 6.12. The maximum Gasteiger partial charge on any atom is 0.230 e. The molecule has 0 unspecified atom stereocenters. The number of nitrogens with zero attached hydrogens (tertiary/aromatic N) is 1. The van der Waals surface area contributed by atoms with Gasteiger partial charge in [-0.2, -0.15) is 0 Å². The summed E-state index contributed by atoms with van der Waals surface area (Å²) in [6.07, 6.45) is 1.82. The van der Waals surface area contributed by atoms with Gasteiger partial charge >= 0.3 is 0 Å². The predicted octanol–water partition coefficient (Wildman–Crippen LogP) is 2.91. The van der Waals surface area contributed by atoms with Gasteiger partial charge in [0.15, 0.2) is 5.78 Å². The molecule has 18 heavy (non-hydrogen) atoms. The third kappa shape index (κ3) is 4.32. The van der Waals surface area contributed by atoms with E-state index >= 15 is 0 Å². The monoisotopic (exact) mass is 247 g/mol. The molecule has 1 aromatic rings. The Morgan fingerprint density at radius 3 is 2.06 bits per heavy atom. The summed E-state index contributed by atoms with van der Waals surface area (Å²) in [5.74, 6) is -0.162. The topological polar surface area (TPSA) is 37.4 Å². The molecule has 0 aliphatic carbocycles. The number of hydrogen-bond acceptors (Lipinski definition) is 2. The van der Waals surface area contributed by atoms with Gasteiger partial charge in [-0.15, -0.1) is 0 Å². The van der Waals surface area contributed by atoms with Gasteiger partial charge in [0.05, 0.1) is 6.42 Å². The number of Topliss-reactive ketones (excluding diaryl/α,β-unsaturated/α-hetero) is 1. The van der Waals surface area contributed by atoms with Crippen molar-refractivity contribution in [2.24, 2.45) is 0 Å². The maximum absolute atomic E-state index is 12.0. The highest BCUT2D eigenvalue weighted by Gasteiger charge is 2.16. The van der Waals surface area contributed by atoms with E-state index in [1.54, 1.807) is 17.0 Å². The standard InChI is InChI=1S/C15H21NO2/c1-3-10-16(11-4-2)15(18)12-14(17)13-8-6-5-7-9-13/h5-9H,3-4,10-12H2,1-2H3. The fourth-order valence-corrected chi connectivity index (χ4v) is 1.88. The maximum atomic E-state index is 12.0. The van der Waals surface area contributed by atoms with Crippen LogP contribution in [0.25, 0.3) is 0 Å². The number of carbonyl (C=O) groups is 2. The smallest absolute Gasteiger partial charge is 0.230 e. The van der Waals surface area contributed by atoms with Gasteiger partial charge in [0.1, 0.15) is 0 Å². The van der Waals surface area contributed by atoms with Crippen molar-refractivity contribution in [3.63, 3.8) is 0 Å². The fourth-order valence-electron chi connectivity index (χ4n) is 1.88. The molecule has 0 N–H and O–H groups in total. The summed E-state index contributed by atoms with van der Waals surface area (Å²) in [6, 6.07) is 8.99. The molecule has 0 fully saturated rings. The first-order valence-electron chi connectivity index (χ1n) is 6.55. The molecule has 0 spiro atoms. The van der Waals surface area contributed by atoms with Gasteiger partial charge in [0.2, 0.25) is 5.91 Å². The summed E-state index contributed by atoms with van der Waals surface area (Å²) in [4.78, 5) is 25.7. The van der Waals surface area contributed by atoms with Crippen LogP contribution in [0.2, 0.25) is 0 Å². The molecule has 3 heteroatoms. The lowest BCUT2D eigenvalue weighted by Gasteiger charge is -2.21. The first kappa shape index (κ1) is 14.4. The van der Waals surface area contributed by atoms with Crippen molar-refractivity contribution in [1.29, 1.82) is 0 Å². The van der Waals surface area contributed by atoms with Crippen LogP contribution >= 0.6 is 0 Å². The van der Waals surface area contributed by atoms with E-state index in [1.165, 1.54) is 0 Å². The number of carbonyl (C=O) groups excluding carboxylic acids is 2. The molecular weight excluding hydrogens is 226 g/mol. The SMILES string of the molecule is CCCN(CCC)C(=O)CC(=O)c1ccccc1. The van der Waals surface area contributed by atoms with Gasteiger partial charge in [-0.25, -0.2) is 0 Å². The molecule has 0 saturated heterocycles. The van der Waals surface area contributed by atoms with E-state index in [0.717, 1.165) is 25.9 Å². The highest BCUT2D eigenvalue weighted by atomic mass is 16.2. The lowest BCUT2D eigenvalue weighted by Crippen LogP contribution is -2.33. The molecule has 0 aliphatic rings. The van der Waals surface area contributed by atoms with Crippen molar-refractivity contribution in [3.8, 4) is 0 Å². The lowest BCUT2D eigenvalue weighted by atomic mass is 10.1. The van der Waals surface area contributed by atoms with Gasteiger partial charge in [-0.1, -0.05) is 44.2 Å². The highest BCUT2D eigenvalue weighted by molar-refractivity contribution is 6.07. The van der Waals surface area contributed by atoms with E-state index < -0.39 is 0 Å². The molecule has 1 rings (SSSR count). The van der Waals surface area contributed by atoms with Crippen LogP contribution < -0.4 is 0 Å². The van der Waals surface area contributed by atoms with E-state index in [0.29, 0.717) is 5.56 Å². The predicted molar refractivity (Wildman–Crippen MR) is 72.6 cm³/mol. The van der Waals surface area contributed by atoms with Crippen LogP contribution in [0.3, 0.4) is 0 Å². The van der Waals surface area contributed by atoms with Crippen molar-refractivity contribution in [3.05, 3.63) is 35.9 Å². The van der Waals surface area contributed by atoms with Crippen LogP contribution in [0.1, 0.15) is 43.5 Å². The summed E-state index contributed by atoms with van der Waals surface area (Å²) in [5, 5.41) is 0. The van der Waals surface area contributed by atoms with Gasteiger partial charge in [-0.3, -0.25) is 9.59 Å². The summed E-state index contributed by atoms with van der Waals surface area (Å²) >= 11 is 0. The number of amides is 1. The average Bonchev–Trinajstić information content (AvgIpc) is 2.39. The molecule has 0 aliphatic heterocycles. The molecule has 1 amide bonds.